The number of carbonyl (C=O) groups is 1. The zero-order valence-electron chi connectivity index (χ0n) is 23.8. The first-order valence-corrected chi connectivity index (χ1v) is 14.1. The lowest BCUT2D eigenvalue weighted by Gasteiger charge is -2.33. The third kappa shape index (κ3) is 11.5. The lowest BCUT2D eigenvalue weighted by atomic mass is 10.0. The van der Waals surface area contributed by atoms with Gasteiger partial charge >= 0.3 is 12.2 Å². The molecule has 0 fully saturated rings. The van der Waals surface area contributed by atoms with Crippen LogP contribution in [0.15, 0.2) is 36.4 Å². The predicted octanol–water partition coefficient (Wildman–Crippen LogP) is 6.06. The lowest BCUT2D eigenvalue weighted by Crippen LogP contribution is -2.35. The van der Waals surface area contributed by atoms with Gasteiger partial charge in [0.15, 0.2) is 0 Å². The minimum atomic E-state index is -4.50. The van der Waals surface area contributed by atoms with Gasteiger partial charge in [-0.15, -0.1) is 0 Å². The Morgan fingerprint density at radius 2 is 1.80 bits per heavy atom. The van der Waals surface area contributed by atoms with Crippen molar-refractivity contribution in [1.82, 2.24) is 5.32 Å². The number of aliphatic hydroxyl groups is 1. The first-order valence-electron chi connectivity index (χ1n) is 14.1. The second-order valence-electron chi connectivity index (χ2n) is 10.8. The van der Waals surface area contributed by atoms with Gasteiger partial charge in [-0.2, -0.15) is 13.2 Å². The van der Waals surface area contributed by atoms with Crippen LogP contribution in [0.25, 0.3) is 0 Å². The molecule has 0 saturated heterocycles. The zero-order valence-corrected chi connectivity index (χ0v) is 23.8. The molecule has 0 aromatic heterocycles. The van der Waals surface area contributed by atoms with Gasteiger partial charge in [0, 0.05) is 44.9 Å². The first-order chi connectivity index (χ1) is 19.4. The second-order valence-corrected chi connectivity index (χ2v) is 10.8. The molecular formula is C30H42F3N3O5. The number of anilines is 1. The largest absolute Gasteiger partial charge is 0.463 e. The number of aryl methyl sites for hydroxylation is 1. The van der Waals surface area contributed by atoms with Gasteiger partial charge in [0.2, 0.25) is 5.79 Å². The van der Waals surface area contributed by atoms with E-state index >= 15 is 0 Å². The van der Waals surface area contributed by atoms with Crippen molar-refractivity contribution in [2.45, 2.75) is 83.5 Å². The van der Waals surface area contributed by atoms with Gasteiger partial charge in [-0.25, -0.2) is 4.79 Å². The number of hydrogen-bond acceptors (Lipinski definition) is 6. The van der Waals surface area contributed by atoms with Gasteiger partial charge in [0.25, 0.3) is 0 Å². The van der Waals surface area contributed by atoms with E-state index in [0.717, 1.165) is 67.7 Å². The number of halogens is 3. The molecule has 0 saturated carbocycles. The van der Waals surface area contributed by atoms with Crippen LogP contribution in [0, 0.1) is 0 Å². The minimum absolute atomic E-state index is 0.0368. The molecule has 0 radical (unpaired) electrons. The smallest absolute Gasteiger partial charge is 0.416 e. The van der Waals surface area contributed by atoms with Crippen molar-refractivity contribution in [3.63, 3.8) is 0 Å². The standard InChI is InChI=1S/C30H42F3N3O5/c1-29(2)40-20-23-17-22(10-11-27(23)41-29)26(37)19-35-12-6-3-4-7-13-39-14-8-5-9-21-15-24(30(31,32)33)18-25(16-21)36-28(34)38/h10-11,15-18,26,35,37H,3-9,12-14,19-20H2,1-2H3,(H3,34,36,38)/t26-/m1/s1. The molecular weight excluding hydrogens is 539 g/mol. The van der Waals surface area contributed by atoms with Crippen LogP contribution >= 0.6 is 0 Å². The zero-order chi connectivity index (χ0) is 29.9. The molecule has 0 aliphatic carbocycles. The fraction of sp³-hybridized carbons (Fsp3) is 0.567. The Labute approximate surface area is 239 Å². The van der Waals surface area contributed by atoms with Crippen LogP contribution in [-0.2, 0) is 28.7 Å². The highest BCUT2D eigenvalue weighted by atomic mass is 19.4. The van der Waals surface area contributed by atoms with Crippen LogP contribution in [0.4, 0.5) is 23.7 Å². The van der Waals surface area contributed by atoms with Gasteiger partial charge in [-0.1, -0.05) is 18.9 Å². The summed E-state index contributed by atoms with van der Waals surface area (Å²) in [4.78, 5) is 11.0. The predicted molar refractivity (Wildman–Crippen MR) is 151 cm³/mol. The van der Waals surface area contributed by atoms with E-state index in [4.69, 9.17) is 19.9 Å². The molecule has 8 nitrogen and oxygen atoms in total. The number of hydrogen-bond donors (Lipinski definition) is 4. The number of nitrogens with one attached hydrogen (secondary N) is 2. The SMILES string of the molecule is CC1(C)OCc2cc([C@H](O)CNCCCCCCOCCCCc3cc(NC(N)=O)cc(C(F)(F)F)c3)ccc2O1. The summed E-state index contributed by atoms with van der Waals surface area (Å²) < 4.78 is 56.6. The Bertz CT molecular complexity index is 1130. The van der Waals surface area contributed by atoms with Gasteiger partial charge in [-0.05, 0) is 80.1 Å². The van der Waals surface area contributed by atoms with Crippen LogP contribution in [0.5, 0.6) is 5.75 Å². The van der Waals surface area contributed by atoms with E-state index in [9.17, 15) is 23.1 Å². The Morgan fingerprint density at radius 1 is 1.07 bits per heavy atom. The van der Waals surface area contributed by atoms with Crippen LogP contribution < -0.4 is 21.1 Å². The number of nitrogens with two attached hydrogens (primary N) is 1. The maximum atomic E-state index is 13.1. The molecule has 41 heavy (non-hydrogen) atoms. The molecule has 2 amide bonds. The summed E-state index contributed by atoms with van der Waals surface area (Å²) in [5.41, 5.74) is 6.52. The van der Waals surface area contributed by atoms with Gasteiger partial charge in [0.1, 0.15) is 5.75 Å². The van der Waals surface area contributed by atoms with E-state index in [2.05, 4.69) is 10.6 Å². The molecule has 1 aliphatic rings. The van der Waals surface area contributed by atoms with Crippen LogP contribution in [-0.4, -0.2) is 43.2 Å². The van der Waals surface area contributed by atoms with Gasteiger partial charge < -0.3 is 35.7 Å². The maximum Gasteiger partial charge on any atom is 0.416 e. The van der Waals surface area contributed by atoms with Crippen LogP contribution in [0.2, 0.25) is 0 Å². The van der Waals surface area contributed by atoms with E-state index in [-0.39, 0.29) is 5.69 Å². The number of benzene rings is 2. The van der Waals surface area contributed by atoms with E-state index in [0.29, 0.717) is 44.8 Å². The number of aliphatic hydroxyl groups excluding tert-OH is 1. The number of rotatable bonds is 16. The summed E-state index contributed by atoms with van der Waals surface area (Å²) >= 11 is 0. The summed E-state index contributed by atoms with van der Waals surface area (Å²) in [5, 5.41) is 16.0. The number of carbonyl (C=O) groups excluding carboxylic acids is 1. The highest BCUT2D eigenvalue weighted by Crippen LogP contribution is 2.33. The number of alkyl halides is 3. The van der Waals surface area contributed by atoms with E-state index in [1.807, 2.05) is 32.0 Å². The molecule has 2 aromatic rings. The van der Waals surface area contributed by atoms with Crippen molar-refractivity contribution in [2.24, 2.45) is 5.73 Å². The highest BCUT2D eigenvalue weighted by Gasteiger charge is 2.31. The fourth-order valence-corrected chi connectivity index (χ4v) is 4.58. The molecule has 1 atom stereocenters. The molecule has 5 N–H and O–H groups in total. The average molecular weight is 582 g/mol. The second kappa shape index (κ2) is 15.4. The Balaban J connectivity index is 1.20. The number of unbranched alkanes of at least 4 members (excludes halogenated alkanes) is 4. The van der Waals surface area contributed by atoms with E-state index in [1.165, 1.54) is 6.07 Å². The van der Waals surface area contributed by atoms with E-state index in [1.54, 1.807) is 0 Å². The average Bonchev–Trinajstić information content (AvgIpc) is 2.89. The third-order valence-corrected chi connectivity index (χ3v) is 6.72. The molecule has 0 unspecified atom stereocenters. The molecule has 1 heterocycles. The van der Waals surface area contributed by atoms with Crippen molar-refractivity contribution in [3.05, 3.63) is 58.7 Å². The highest BCUT2D eigenvalue weighted by molar-refractivity contribution is 5.88. The summed E-state index contributed by atoms with van der Waals surface area (Å²) in [5.74, 6) is 0.150. The minimum Gasteiger partial charge on any atom is -0.463 e. The van der Waals surface area contributed by atoms with Gasteiger partial charge in [0.05, 0.1) is 18.3 Å². The van der Waals surface area contributed by atoms with Crippen molar-refractivity contribution in [2.75, 3.05) is 31.6 Å². The summed E-state index contributed by atoms with van der Waals surface area (Å²) in [6.07, 6.45) is 0.742. The molecule has 1 aliphatic heterocycles. The normalized spacial score (nSPS) is 15.2. The Kier molecular flexibility index (Phi) is 12.3. The number of amides is 2. The van der Waals surface area contributed by atoms with Crippen LogP contribution in [0.1, 0.15) is 80.7 Å². The first kappa shape index (κ1) is 32.7. The van der Waals surface area contributed by atoms with Crippen molar-refractivity contribution in [1.29, 1.82) is 0 Å². The van der Waals surface area contributed by atoms with Crippen molar-refractivity contribution in [3.8, 4) is 5.75 Å². The monoisotopic (exact) mass is 581 g/mol. The van der Waals surface area contributed by atoms with Gasteiger partial charge in [-0.3, -0.25) is 0 Å². The number of primary amides is 1. The number of urea groups is 1. The fourth-order valence-electron chi connectivity index (χ4n) is 4.58. The number of ether oxygens (including phenoxy) is 3. The molecule has 11 heteroatoms. The summed E-state index contributed by atoms with van der Waals surface area (Å²) in [7, 11) is 0. The summed E-state index contributed by atoms with van der Waals surface area (Å²) in [6.45, 7) is 6.68. The Morgan fingerprint density at radius 3 is 2.54 bits per heavy atom. The van der Waals surface area contributed by atoms with Crippen molar-refractivity contribution >= 4 is 11.7 Å². The molecule has 0 spiro atoms. The molecule has 3 rings (SSSR count). The third-order valence-electron chi connectivity index (χ3n) is 6.72. The number of fused-ring (bicyclic) bond motifs is 1. The van der Waals surface area contributed by atoms with E-state index < -0.39 is 29.7 Å². The Hall–Kier alpha value is -2.86. The van der Waals surface area contributed by atoms with Crippen molar-refractivity contribution < 1.29 is 37.3 Å². The maximum absolute atomic E-state index is 13.1. The van der Waals surface area contributed by atoms with Crippen LogP contribution in [0.3, 0.4) is 0 Å². The molecule has 228 valence electrons. The topological polar surface area (TPSA) is 115 Å². The molecule has 2 aromatic carbocycles. The summed E-state index contributed by atoms with van der Waals surface area (Å²) in [6, 6.07) is 8.28. The molecule has 0 bridgehead atoms. The lowest BCUT2D eigenvalue weighted by molar-refractivity contribution is -0.180. The quantitative estimate of drug-likeness (QED) is 0.179.